The van der Waals surface area contributed by atoms with Crippen LogP contribution in [0.1, 0.15) is 15.9 Å². The van der Waals surface area contributed by atoms with Gasteiger partial charge in [-0.15, -0.1) is 0 Å². The van der Waals surface area contributed by atoms with Crippen molar-refractivity contribution in [1.29, 1.82) is 0 Å². The third-order valence-corrected chi connectivity index (χ3v) is 5.21. The Balaban J connectivity index is 1.29. The summed E-state index contributed by atoms with van der Waals surface area (Å²) in [6.45, 7) is 1.11. The quantitative estimate of drug-likeness (QED) is 0.354. The number of amides is 1. The molecule has 0 unspecified atom stereocenters. The molecule has 4 nitrogen and oxygen atoms in total. The average Bonchev–Trinajstić information content (AvgIpc) is 2.81. The normalized spacial score (nSPS) is 10.6. The van der Waals surface area contributed by atoms with Crippen molar-refractivity contribution in [2.45, 2.75) is 6.61 Å². The molecule has 0 aromatic heterocycles. The fraction of sp³-hybridized carbons (Fsp3) is 0.115. The minimum absolute atomic E-state index is 0.176. The van der Waals surface area contributed by atoms with Crippen LogP contribution in [0.4, 0.5) is 0 Å². The molecule has 0 radical (unpaired) electrons. The fourth-order valence-electron chi connectivity index (χ4n) is 3.25. The first-order valence-corrected chi connectivity index (χ1v) is 10.4. The standard InChI is InChI=1S/C26H22ClNO3/c27-24-13-4-2-8-21(24)18-31-22-11-5-10-20(17-22)26(29)28-15-16-30-25-14-6-9-19-7-1-3-12-23(19)25/h1-14,17H,15-16,18H2,(H,28,29). The fourth-order valence-corrected chi connectivity index (χ4v) is 3.44. The third-order valence-electron chi connectivity index (χ3n) is 4.84. The van der Waals surface area contributed by atoms with Crippen molar-refractivity contribution in [2.24, 2.45) is 0 Å². The lowest BCUT2D eigenvalue weighted by Crippen LogP contribution is -2.28. The number of ether oxygens (including phenoxy) is 2. The summed E-state index contributed by atoms with van der Waals surface area (Å²) in [6, 6.07) is 28.6. The highest BCUT2D eigenvalue weighted by atomic mass is 35.5. The van der Waals surface area contributed by atoms with Crippen LogP contribution >= 0.6 is 11.6 Å². The van der Waals surface area contributed by atoms with Crippen molar-refractivity contribution < 1.29 is 14.3 Å². The van der Waals surface area contributed by atoms with Crippen molar-refractivity contribution in [3.63, 3.8) is 0 Å². The second-order valence-electron chi connectivity index (χ2n) is 6.99. The molecule has 4 aromatic rings. The van der Waals surface area contributed by atoms with E-state index in [0.29, 0.717) is 36.1 Å². The van der Waals surface area contributed by atoms with Crippen molar-refractivity contribution in [3.05, 3.63) is 107 Å². The van der Waals surface area contributed by atoms with Gasteiger partial charge >= 0.3 is 0 Å². The van der Waals surface area contributed by atoms with E-state index in [1.54, 1.807) is 18.2 Å². The van der Waals surface area contributed by atoms with Crippen LogP contribution in [0, 0.1) is 0 Å². The molecule has 1 N–H and O–H groups in total. The van der Waals surface area contributed by atoms with Gasteiger partial charge in [0, 0.05) is 21.5 Å². The highest BCUT2D eigenvalue weighted by molar-refractivity contribution is 6.31. The van der Waals surface area contributed by atoms with Gasteiger partial charge in [-0.3, -0.25) is 4.79 Å². The van der Waals surface area contributed by atoms with E-state index in [0.717, 1.165) is 22.1 Å². The number of benzene rings is 4. The summed E-state index contributed by atoms with van der Waals surface area (Å²) in [7, 11) is 0. The maximum atomic E-state index is 12.5. The average molecular weight is 432 g/mol. The van der Waals surface area contributed by atoms with Crippen molar-refractivity contribution >= 4 is 28.3 Å². The molecule has 4 aromatic carbocycles. The van der Waals surface area contributed by atoms with Crippen LogP contribution in [0.2, 0.25) is 5.02 Å². The zero-order valence-corrected chi connectivity index (χ0v) is 17.6. The third kappa shape index (κ3) is 5.36. The van der Waals surface area contributed by atoms with Gasteiger partial charge in [0.2, 0.25) is 0 Å². The van der Waals surface area contributed by atoms with E-state index in [-0.39, 0.29) is 5.91 Å². The number of carbonyl (C=O) groups excluding carboxylic acids is 1. The Morgan fingerprint density at radius 2 is 1.61 bits per heavy atom. The lowest BCUT2D eigenvalue weighted by Gasteiger charge is -2.11. The topological polar surface area (TPSA) is 47.6 Å². The second kappa shape index (κ2) is 10.0. The number of hydrogen-bond acceptors (Lipinski definition) is 3. The van der Waals surface area contributed by atoms with Gasteiger partial charge in [0.25, 0.3) is 5.91 Å². The molecule has 0 spiro atoms. The van der Waals surface area contributed by atoms with Gasteiger partial charge in [-0.1, -0.05) is 72.3 Å². The van der Waals surface area contributed by atoms with Gasteiger partial charge in [-0.2, -0.15) is 0 Å². The largest absolute Gasteiger partial charge is 0.491 e. The molecule has 5 heteroatoms. The van der Waals surface area contributed by atoms with Crippen molar-refractivity contribution in [1.82, 2.24) is 5.32 Å². The van der Waals surface area contributed by atoms with E-state index >= 15 is 0 Å². The summed E-state index contributed by atoms with van der Waals surface area (Å²) in [5.74, 6) is 1.24. The molecule has 0 aliphatic rings. The molecule has 0 bridgehead atoms. The summed E-state index contributed by atoms with van der Waals surface area (Å²) in [5, 5.41) is 5.72. The molecule has 0 atom stereocenters. The Bertz CT molecular complexity index is 1190. The first-order valence-electron chi connectivity index (χ1n) is 10.1. The lowest BCUT2D eigenvalue weighted by molar-refractivity contribution is 0.0946. The molecular weight excluding hydrogens is 410 g/mol. The van der Waals surface area contributed by atoms with E-state index in [1.807, 2.05) is 72.8 Å². The monoisotopic (exact) mass is 431 g/mol. The predicted octanol–water partition coefficient (Wildman–Crippen LogP) is 5.88. The highest BCUT2D eigenvalue weighted by Gasteiger charge is 2.08. The maximum Gasteiger partial charge on any atom is 0.251 e. The molecule has 31 heavy (non-hydrogen) atoms. The van der Waals surface area contributed by atoms with E-state index in [2.05, 4.69) is 5.32 Å². The maximum absolute atomic E-state index is 12.5. The van der Waals surface area contributed by atoms with Crippen LogP contribution in [-0.2, 0) is 6.61 Å². The minimum atomic E-state index is -0.176. The number of rotatable bonds is 8. The van der Waals surface area contributed by atoms with Crippen molar-refractivity contribution in [3.8, 4) is 11.5 Å². The summed E-state index contributed by atoms with van der Waals surface area (Å²) in [5.41, 5.74) is 1.42. The number of halogens is 1. The van der Waals surface area contributed by atoms with Crippen LogP contribution < -0.4 is 14.8 Å². The number of hydrogen-bond donors (Lipinski definition) is 1. The summed E-state index contributed by atoms with van der Waals surface area (Å²) in [6.07, 6.45) is 0. The molecule has 0 aliphatic heterocycles. The Morgan fingerprint density at radius 3 is 2.52 bits per heavy atom. The highest BCUT2D eigenvalue weighted by Crippen LogP contribution is 2.25. The Labute approximate surface area is 186 Å². The van der Waals surface area contributed by atoms with Gasteiger partial charge in [-0.25, -0.2) is 0 Å². The molecule has 0 aliphatic carbocycles. The van der Waals surface area contributed by atoms with Gasteiger partial charge in [0.05, 0.1) is 6.54 Å². The predicted molar refractivity (Wildman–Crippen MR) is 124 cm³/mol. The summed E-state index contributed by atoms with van der Waals surface area (Å²) >= 11 is 6.16. The Kier molecular flexibility index (Phi) is 6.70. The second-order valence-corrected chi connectivity index (χ2v) is 7.40. The smallest absolute Gasteiger partial charge is 0.251 e. The lowest BCUT2D eigenvalue weighted by atomic mass is 10.1. The number of nitrogens with one attached hydrogen (secondary N) is 1. The molecule has 0 fully saturated rings. The first-order chi connectivity index (χ1) is 15.2. The number of fused-ring (bicyclic) bond motifs is 1. The van der Waals surface area contributed by atoms with Crippen LogP contribution in [0.25, 0.3) is 10.8 Å². The zero-order valence-electron chi connectivity index (χ0n) is 16.9. The van der Waals surface area contributed by atoms with E-state index in [9.17, 15) is 4.79 Å². The first kappa shape index (κ1) is 20.8. The van der Waals surface area contributed by atoms with Gasteiger partial charge < -0.3 is 14.8 Å². The van der Waals surface area contributed by atoms with Crippen LogP contribution in [-0.4, -0.2) is 19.1 Å². The minimum Gasteiger partial charge on any atom is -0.491 e. The molecule has 0 saturated heterocycles. The van der Waals surface area contributed by atoms with E-state index in [4.69, 9.17) is 21.1 Å². The molecule has 0 heterocycles. The molecular formula is C26H22ClNO3. The summed E-state index contributed by atoms with van der Waals surface area (Å²) < 4.78 is 11.7. The summed E-state index contributed by atoms with van der Waals surface area (Å²) in [4.78, 5) is 12.5. The number of carbonyl (C=O) groups is 1. The van der Waals surface area contributed by atoms with Gasteiger partial charge in [0.15, 0.2) is 0 Å². The van der Waals surface area contributed by atoms with Crippen molar-refractivity contribution in [2.75, 3.05) is 13.2 Å². The van der Waals surface area contributed by atoms with Crippen LogP contribution in [0.15, 0.2) is 91.0 Å². The van der Waals surface area contributed by atoms with Gasteiger partial charge in [-0.05, 0) is 35.7 Å². The van der Waals surface area contributed by atoms with E-state index in [1.165, 1.54) is 0 Å². The van der Waals surface area contributed by atoms with Crippen LogP contribution in [0.3, 0.4) is 0 Å². The van der Waals surface area contributed by atoms with Crippen LogP contribution in [0.5, 0.6) is 11.5 Å². The molecule has 1 amide bonds. The Morgan fingerprint density at radius 1 is 0.839 bits per heavy atom. The molecule has 0 saturated carbocycles. The van der Waals surface area contributed by atoms with Gasteiger partial charge in [0.1, 0.15) is 24.7 Å². The zero-order chi connectivity index (χ0) is 21.5. The SMILES string of the molecule is O=C(NCCOc1cccc2ccccc12)c1cccc(OCc2ccccc2Cl)c1. The van der Waals surface area contributed by atoms with E-state index < -0.39 is 0 Å². The Hall–Kier alpha value is -3.50. The molecule has 4 rings (SSSR count). The molecule has 156 valence electrons.